The maximum Gasteiger partial charge on any atom is 0.227 e. The summed E-state index contributed by atoms with van der Waals surface area (Å²) in [6.07, 6.45) is 1.44. The van der Waals surface area contributed by atoms with Gasteiger partial charge in [-0.25, -0.2) is 4.98 Å². The molecule has 0 spiro atoms. The predicted octanol–water partition coefficient (Wildman–Crippen LogP) is 4.32. The predicted molar refractivity (Wildman–Crippen MR) is 115 cm³/mol. The second-order valence-corrected chi connectivity index (χ2v) is 8.56. The van der Waals surface area contributed by atoms with Gasteiger partial charge in [0.15, 0.2) is 0 Å². The zero-order chi connectivity index (χ0) is 20.6. The van der Waals surface area contributed by atoms with Crippen molar-refractivity contribution in [1.29, 1.82) is 0 Å². The van der Waals surface area contributed by atoms with Crippen LogP contribution in [-0.4, -0.2) is 21.4 Å². The molecule has 29 heavy (non-hydrogen) atoms. The number of nitrogens with zero attached hydrogens (tertiary/aromatic N) is 2. The van der Waals surface area contributed by atoms with Crippen molar-refractivity contribution in [2.24, 2.45) is 5.92 Å². The molecule has 0 unspecified atom stereocenters. The van der Waals surface area contributed by atoms with Gasteiger partial charge in [0, 0.05) is 23.6 Å². The van der Waals surface area contributed by atoms with Gasteiger partial charge in [0.05, 0.1) is 11.0 Å². The fraction of sp³-hybridized carbons (Fsp3) is 0.348. The standard InChI is InChI=1S/C23H26N4O2/c1-23(2,3)27-19-11-7-6-10-18(19)25-22(27)26-20(28)13-12-16-14-15-8-4-5-9-17(15)24-21(16)29/h4-11,16H,12-14H2,1-3H3,(H,24,29)(H,25,26,28)/t16-/m1/s1. The van der Waals surface area contributed by atoms with Crippen LogP contribution in [0.3, 0.4) is 0 Å². The third kappa shape index (κ3) is 3.88. The summed E-state index contributed by atoms with van der Waals surface area (Å²) in [5, 5.41) is 5.90. The number of aromatic nitrogens is 2. The minimum Gasteiger partial charge on any atom is -0.326 e. The number of hydrogen-bond donors (Lipinski definition) is 2. The van der Waals surface area contributed by atoms with Crippen molar-refractivity contribution in [2.75, 3.05) is 10.6 Å². The van der Waals surface area contributed by atoms with E-state index in [0.29, 0.717) is 18.8 Å². The van der Waals surface area contributed by atoms with E-state index >= 15 is 0 Å². The Kier molecular flexibility index (Phi) is 4.86. The van der Waals surface area contributed by atoms with Crippen LogP contribution in [0.25, 0.3) is 11.0 Å². The summed E-state index contributed by atoms with van der Waals surface area (Å²) in [5.74, 6) is 0.204. The molecule has 6 nitrogen and oxygen atoms in total. The molecule has 2 aromatic carbocycles. The van der Waals surface area contributed by atoms with E-state index in [1.165, 1.54) is 0 Å². The van der Waals surface area contributed by atoms with Crippen molar-refractivity contribution in [3.63, 3.8) is 0 Å². The Morgan fingerprint density at radius 2 is 1.90 bits per heavy atom. The van der Waals surface area contributed by atoms with Crippen molar-refractivity contribution >= 4 is 34.5 Å². The summed E-state index contributed by atoms with van der Waals surface area (Å²) >= 11 is 0. The molecule has 0 saturated heterocycles. The Bertz CT molecular complexity index is 1080. The van der Waals surface area contributed by atoms with Gasteiger partial charge in [0.1, 0.15) is 0 Å². The minimum atomic E-state index is -0.230. The Labute approximate surface area is 170 Å². The largest absolute Gasteiger partial charge is 0.326 e. The molecule has 6 heteroatoms. The average Bonchev–Trinajstić information content (AvgIpc) is 3.04. The molecule has 2 amide bonds. The summed E-state index contributed by atoms with van der Waals surface area (Å²) in [6, 6.07) is 15.7. The molecule has 0 bridgehead atoms. The molecule has 3 aromatic rings. The molecule has 1 aromatic heterocycles. The average molecular weight is 390 g/mol. The number of hydrogen-bond acceptors (Lipinski definition) is 3. The summed E-state index contributed by atoms with van der Waals surface area (Å²) in [7, 11) is 0. The third-order valence-corrected chi connectivity index (χ3v) is 5.32. The normalized spacial score (nSPS) is 16.4. The van der Waals surface area contributed by atoms with Crippen molar-refractivity contribution in [2.45, 2.75) is 45.6 Å². The molecule has 0 radical (unpaired) electrons. The summed E-state index contributed by atoms with van der Waals surface area (Å²) in [4.78, 5) is 29.6. The highest BCUT2D eigenvalue weighted by atomic mass is 16.2. The molecule has 150 valence electrons. The first-order valence-corrected chi connectivity index (χ1v) is 9.99. The summed E-state index contributed by atoms with van der Waals surface area (Å²) in [5.41, 5.74) is 3.59. The minimum absolute atomic E-state index is 0.0153. The number of imidazole rings is 1. The van der Waals surface area contributed by atoms with E-state index in [4.69, 9.17) is 0 Å². The van der Waals surface area contributed by atoms with Crippen LogP contribution in [-0.2, 0) is 21.5 Å². The molecule has 1 aliphatic heterocycles. The lowest BCUT2D eigenvalue weighted by atomic mass is 9.89. The van der Waals surface area contributed by atoms with Crippen LogP contribution in [0.2, 0.25) is 0 Å². The van der Waals surface area contributed by atoms with Crippen LogP contribution >= 0.6 is 0 Å². The number of fused-ring (bicyclic) bond motifs is 2. The van der Waals surface area contributed by atoms with E-state index in [1.54, 1.807) is 0 Å². The molecule has 2 N–H and O–H groups in total. The number of benzene rings is 2. The van der Waals surface area contributed by atoms with Crippen LogP contribution in [0.4, 0.5) is 11.6 Å². The Morgan fingerprint density at radius 3 is 2.69 bits per heavy atom. The number of anilines is 2. The molecule has 2 heterocycles. The molecular weight excluding hydrogens is 364 g/mol. The number of rotatable bonds is 4. The lowest BCUT2D eigenvalue weighted by Crippen LogP contribution is -2.31. The van der Waals surface area contributed by atoms with E-state index in [-0.39, 0.29) is 29.7 Å². The maximum absolute atomic E-state index is 12.7. The Hall–Kier alpha value is -3.15. The molecule has 0 saturated carbocycles. The highest BCUT2D eigenvalue weighted by Gasteiger charge is 2.27. The summed E-state index contributed by atoms with van der Waals surface area (Å²) < 4.78 is 2.05. The van der Waals surface area contributed by atoms with Gasteiger partial charge in [0.25, 0.3) is 0 Å². The number of para-hydroxylation sites is 3. The first kappa shape index (κ1) is 19.2. The van der Waals surface area contributed by atoms with Gasteiger partial charge in [-0.1, -0.05) is 30.3 Å². The van der Waals surface area contributed by atoms with Crippen LogP contribution in [0.1, 0.15) is 39.2 Å². The van der Waals surface area contributed by atoms with Crippen molar-refractivity contribution < 1.29 is 9.59 Å². The molecular formula is C23H26N4O2. The van der Waals surface area contributed by atoms with Gasteiger partial charge in [-0.3, -0.25) is 14.9 Å². The first-order chi connectivity index (χ1) is 13.8. The van der Waals surface area contributed by atoms with Gasteiger partial charge in [-0.2, -0.15) is 0 Å². The van der Waals surface area contributed by atoms with Crippen LogP contribution in [0.5, 0.6) is 0 Å². The lowest BCUT2D eigenvalue weighted by Gasteiger charge is -2.25. The van der Waals surface area contributed by atoms with Gasteiger partial charge in [-0.15, -0.1) is 0 Å². The molecule has 1 atom stereocenters. The van der Waals surface area contributed by atoms with Crippen molar-refractivity contribution in [1.82, 2.24) is 9.55 Å². The van der Waals surface area contributed by atoms with Gasteiger partial charge in [0.2, 0.25) is 17.8 Å². The fourth-order valence-electron chi connectivity index (χ4n) is 3.93. The molecule has 1 aliphatic rings. The zero-order valence-electron chi connectivity index (χ0n) is 17.0. The quantitative estimate of drug-likeness (QED) is 0.696. The van der Waals surface area contributed by atoms with E-state index < -0.39 is 0 Å². The van der Waals surface area contributed by atoms with Gasteiger partial charge in [-0.05, 0) is 57.4 Å². The topological polar surface area (TPSA) is 76.0 Å². The second-order valence-electron chi connectivity index (χ2n) is 8.56. The lowest BCUT2D eigenvalue weighted by molar-refractivity contribution is -0.121. The fourth-order valence-corrected chi connectivity index (χ4v) is 3.93. The third-order valence-electron chi connectivity index (χ3n) is 5.32. The van der Waals surface area contributed by atoms with Gasteiger partial charge >= 0.3 is 0 Å². The number of carbonyl (C=O) groups excluding carboxylic acids is 2. The van der Waals surface area contributed by atoms with E-state index in [2.05, 4.69) is 36.4 Å². The van der Waals surface area contributed by atoms with E-state index in [0.717, 1.165) is 22.3 Å². The van der Waals surface area contributed by atoms with Crippen LogP contribution in [0.15, 0.2) is 48.5 Å². The Morgan fingerprint density at radius 1 is 1.17 bits per heavy atom. The highest BCUT2D eigenvalue weighted by molar-refractivity contribution is 5.96. The van der Waals surface area contributed by atoms with Gasteiger partial charge < -0.3 is 9.88 Å². The second kappa shape index (κ2) is 7.35. The molecule has 0 fully saturated rings. The number of amides is 2. The molecule has 4 rings (SSSR count). The van der Waals surface area contributed by atoms with Crippen molar-refractivity contribution in [3.05, 3.63) is 54.1 Å². The smallest absolute Gasteiger partial charge is 0.227 e. The molecule has 0 aliphatic carbocycles. The van der Waals surface area contributed by atoms with Crippen molar-refractivity contribution in [3.8, 4) is 0 Å². The number of nitrogens with one attached hydrogen (secondary N) is 2. The van der Waals surface area contributed by atoms with E-state index in [1.807, 2.05) is 53.1 Å². The number of carbonyl (C=O) groups is 2. The van der Waals surface area contributed by atoms with Crippen LogP contribution < -0.4 is 10.6 Å². The highest BCUT2D eigenvalue weighted by Crippen LogP contribution is 2.29. The first-order valence-electron chi connectivity index (χ1n) is 9.99. The monoisotopic (exact) mass is 390 g/mol. The zero-order valence-corrected chi connectivity index (χ0v) is 17.0. The summed E-state index contributed by atoms with van der Waals surface area (Å²) in [6.45, 7) is 6.25. The van der Waals surface area contributed by atoms with Crippen LogP contribution in [0, 0.1) is 5.92 Å². The van der Waals surface area contributed by atoms with E-state index in [9.17, 15) is 9.59 Å². The maximum atomic E-state index is 12.7. The Balaban J connectivity index is 1.46. The SMILES string of the molecule is CC(C)(C)n1c(NC(=O)CC[C@@H]2Cc3ccccc3NC2=O)nc2ccccc21.